The number of phenolic OH excluding ortho intramolecular Hbond substituents is 1. The highest BCUT2D eigenvalue weighted by Crippen LogP contribution is 2.31. The number of benzene rings is 2. The number of carbonyl (C=O) groups is 1. The summed E-state index contributed by atoms with van der Waals surface area (Å²) in [5.74, 6) is -1.04. The second-order valence-electron chi connectivity index (χ2n) is 6.40. The topological polar surface area (TPSA) is 90.1 Å². The Hall–Kier alpha value is -3.65. The fourth-order valence-corrected chi connectivity index (χ4v) is 3.41. The van der Waals surface area contributed by atoms with Crippen LogP contribution in [0.25, 0.3) is 16.6 Å². The van der Waals surface area contributed by atoms with Gasteiger partial charge in [0, 0.05) is 17.8 Å². The quantitative estimate of drug-likeness (QED) is 0.394. The van der Waals surface area contributed by atoms with Crippen molar-refractivity contribution in [3.8, 4) is 17.2 Å². The van der Waals surface area contributed by atoms with E-state index < -0.39 is 22.9 Å². The minimum absolute atomic E-state index is 0.0165. The molecule has 0 aliphatic heterocycles. The molecule has 152 valence electrons. The average molecular weight is 429 g/mol. The van der Waals surface area contributed by atoms with Crippen LogP contribution in [0.15, 0.2) is 47.4 Å². The zero-order chi connectivity index (χ0) is 21.6. The molecule has 0 fully saturated rings. The number of hydrogen-bond acceptors (Lipinski definition) is 6. The zero-order valence-corrected chi connectivity index (χ0v) is 16.5. The van der Waals surface area contributed by atoms with Crippen LogP contribution in [0.4, 0.5) is 4.39 Å². The molecule has 0 radical (unpaired) electrons. The Morgan fingerprint density at radius 3 is 2.53 bits per heavy atom. The Balaban J connectivity index is 1.98. The third kappa shape index (κ3) is 3.11. The average Bonchev–Trinajstić information content (AvgIpc) is 2.74. The second-order valence-corrected chi connectivity index (χ2v) is 6.81. The number of carbonyl (C=O) groups excluding carboxylic acids is 1. The van der Waals surface area contributed by atoms with Gasteiger partial charge in [-0.15, -0.1) is 0 Å². The van der Waals surface area contributed by atoms with E-state index in [1.807, 2.05) is 0 Å². The highest BCUT2D eigenvalue weighted by atomic mass is 35.5. The van der Waals surface area contributed by atoms with E-state index in [4.69, 9.17) is 21.1 Å². The molecule has 0 saturated carbocycles. The van der Waals surface area contributed by atoms with Gasteiger partial charge in [0.25, 0.3) is 5.56 Å². The summed E-state index contributed by atoms with van der Waals surface area (Å²) in [4.78, 5) is 30.3. The number of phenols is 1. The van der Waals surface area contributed by atoms with Crippen molar-refractivity contribution in [1.29, 1.82) is 0 Å². The van der Waals surface area contributed by atoms with E-state index in [1.165, 1.54) is 32.5 Å². The van der Waals surface area contributed by atoms with Gasteiger partial charge in [0.05, 0.1) is 35.7 Å². The zero-order valence-electron chi connectivity index (χ0n) is 15.8. The molecule has 30 heavy (non-hydrogen) atoms. The van der Waals surface area contributed by atoms with E-state index in [-0.39, 0.29) is 27.2 Å². The lowest BCUT2D eigenvalue weighted by molar-refractivity contribution is 0.103. The highest BCUT2D eigenvalue weighted by molar-refractivity contribution is 6.34. The van der Waals surface area contributed by atoms with Gasteiger partial charge in [-0.25, -0.2) is 9.37 Å². The number of halogens is 2. The van der Waals surface area contributed by atoms with Crippen molar-refractivity contribution >= 4 is 33.9 Å². The Bertz CT molecular complexity index is 1400. The molecule has 0 aliphatic rings. The van der Waals surface area contributed by atoms with Crippen molar-refractivity contribution < 1.29 is 23.8 Å². The van der Waals surface area contributed by atoms with Crippen LogP contribution in [0.1, 0.15) is 15.9 Å². The molecule has 1 N–H and O–H groups in total. The van der Waals surface area contributed by atoms with Gasteiger partial charge in [-0.05, 0) is 30.3 Å². The molecule has 7 nitrogen and oxygen atoms in total. The molecule has 4 rings (SSSR count). The molecule has 0 atom stereocenters. The van der Waals surface area contributed by atoms with Gasteiger partial charge >= 0.3 is 0 Å². The van der Waals surface area contributed by atoms with E-state index in [9.17, 15) is 19.1 Å². The maximum Gasteiger partial charge on any atom is 0.265 e. The summed E-state index contributed by atoms with van der Waals surface area (Å²) in [6.45, 7) is 0. The third-order valence-corrected chi connectivity index (χ3v) is 4.91. The smallest absolute Gasteiger partial charge is 0.265 e. The van der Waals surface area contributed by atoms with Crippen LogP contribution in [0, 0.1) is 5.82 Å². The van der Waals surface area contributed by atoms with E-state index in [2.05, 4.69) is 4.98 Å². The van der Waals surface area contributed by atoms with E-state index >= 15 is 0 Å². The van der Waals surface area contributed by atoms with Gasteiger partial charge in [0.1, 0.15) is 11.6 Å². The molecule has 4 aromatic rings. The van der Waals surface area contributed by atoms with Gasteiger partial charge < -0.3 is 14.6 Å². The van der Waals surface area contributed by atoms with Crippen molar-refractivity contribution in [3.63, 3.8) is 0 Å². The molecule has 0 bridgehead atoms. The van der Waals surface area contributed by atoms with Crippen molar-refractivity contribution in [3.05, 3.63) is 74.9 Å². The monoisotopic (exact) mass is 428 g/mol. The maximum absolute atomic E-state index is 13.6. The molecule has 0 unspecified atom stereocenters. The number of aromatic hydroxyl groups is 1. The van der Waals surface area contributed by atoms with E-state index in [1.54, 1.807) is 6.07 Å². The summed E-state index contributed by atoms with van der Waals surface area (Å²) >= 11 is 6.30. The first-order valence-corrected chi connectivity index (χ1v) is 9.02. The predicted molar refractivity (Wildman–Crippen MR) is 109 cm³/mol. The predicted octanol–water partition coefficient (Wildman–Crippen LogP) is 3.59. The van der Waals surface area contributed by atoms with Crippen LogP contribution < -0.4 is 15.0 Å². The molecule has 2 heterocycles. The summed E-state index contributed by atoms with van der Waals surface area (Å²) in [6.07, 6.45) is 1.25. The molecule has 0 spiro atoms. The van der Waals surface area contributed by atoms with Crippen molar-refractivity contribution in [2.24, 2.45) is 0 Å². The number of fused-ring (bicyclic) bond motifs is 2. The van der Waals surface area contributed by atoms with Crippen LogP contribution in [0.5, 0.6) is 17.2 Å². The molecule has 0 aliphatic carbocycles. The number of ketones is 1. The van der Waals surface area contributed by atoms with E-state index in [0.29, 0.717) is 17.0 Å². The Morgan fingerprint density at radius 1 is 1.13 bits per heavy atom. The summed E-state index contributed by atoms with van der Waals surface area (Å²) in [5.41, 5.74) is -0.297. The lowest BCUT2D eigenvalue weighted by Crippen LogP contribution is -2.17. The summed E-state index contributed by atoms with van der Waals surface area (Å²) in [7, 11) is 2.90. The minimum Gasteiger partial charge on any atom is -0.507 e. The van der Waals surface area contributed by atoms with Gasteiger partial charge in [0.15, 0.2) is 22.9 Å². The summed E-state index contributed by atoms with van der Waals surface area (Å²) in [6, 6.07) is 7.36. The highest BCUT2D eigenvalue weighted by Gasteiger charge is 2.19. The fourth-order valence-electron chi connectivity index (χ4n) is 3.16. The van der Waals surface area contributed by atoms with Gasteiger partial charge in [-0.1, -0.05) is 11.6 Å². The summed E-state index contributed by atoms with van der Waals surface area (Å²) in [5, 5.41) is 10.2. The molecular formula is C21H14ClFN2O5. The molecular weight excluding hydrogens is 415 g/mol. The largest absolute Gasteiger partial charge is 0.507 e. The molecule has 2 aromatic carbocycles. The Kier molecular flexibility index (Phi) is 4.79. The number of rotatable bonds is 4. The summed E-state index contributed by atoms with van der Waals surface area (Å²) < 4.78 is 25.2. The van der Waals surface area contributed by atoms with Gasteiger partial charge in [0.2, 0.25) is 0 Å². The fraction of sp³-hybridized carbons (Fsp3) is 0.0952. The minimum atomic E-state index is -0.699. The maximum atomic E-state index is 13.6. The van der Waals surface area contributed by atoms with Crippen LogP contribution in [0.2, 0.25) is 5.02 Å². The molecule has 2 aromatic heterocycles. The Labute approximate surface area is 173 Å². The molecule has 0 amide bonds. The first kappa shape index (κ1) is 19.7. The van der Waals surface area contributed by atoms with Gasteiger partial charge in [-0.3, -0.25) is 14.0 Å². The normalized spacial score (nSPS) is 11.1. The standard InChI is InChI=1S/C21H14ClFN2O5/c1-29-17-7-12-15(8-18(17)30-2)24-20-14(22)5-10(9-25(20)21(12)28)19(27)13-6-11(23)3-4-16(13)26/h3-9,26H,1-2H3. The van der Waals surface area contributed by atoms with E-state index in [0.717, 1.165) is 22.6 Å². The van der Waals surface area contributed by atoms with Crippen molar-refractivity contribution in [2.45, 2.75) is 0 Å². The third-order valence-electron chi connectivity index (χ3n) is 4.64. The van der Waals surface area contributed by atoms with Crippen LogP contribution in [0.3, 0.4) is 0 Å². The Morgan fingerprint density at radius 2 is 1.83 bits per heavy atom. The van der Waals surface area contributed by atoms with Gasteiger partial charge in [-0.2, -0.15) is 0 Å². The second kappa shape index (κ2) is 7.31. The SMILES string of the molecule is COc1cc2nc3c(Cl)cc(C(=O)c4cc(F)ccc4O)cn3c(=O)c2cc1OC. The number of ether oxygens (including phenoxy) is 2. The number of aromatic nitrogens is 2. The lowest BCUT2D eigenvalue weighted by Gasteiger charge is -2.11. The first-order valence-electron chi connectivity index (χ1n) is 8.65. The molecule has 9 heteroatoms. The van der Waals surface area contributed by atoms with Crippen LogP contribution >= 0.6 is 11.6 Å². The van der Waals surface area contributed by atoms with Crippen molar-refractivity contribution in [1.82, 2.24) is 9.38 Å². The van der Waals surface area contributed by atoms with Crippen molar-refractivity contribution in [2.75, 3.05) is 14.2 Å². The molecule has 0 saturated heterocycles. The number of nitrogens with zero attached hydrogens (tertiary/aromatic N) is 2. The number of methoxy groups -OCH3 is 2. The van der Waals surface area contributed by atoms with Crippen LogP contribution in [-0.4, -0.2) is 34.5 Å². The van der Waals surface area contributed by atoms with Crippen LogP contribution in [-0.2, 0) is 0 Å². The first-order chi connectivity index (χ1) is 14.3. The number of hydrogen-bond donors (Lipinski definition) is 1. The lowest BCUT2D eigenvalue weighted by atomic mass is 10.0. The number of pyridine rings is 1.